The predicted octanol–water partition coefficient (Wildman–Crippen LogP) is 0.625. The second kappa shape index (κ2) is 8.89. The molecule has 1 aliphatic rings. The lowest BCUT2D eigenvalue weighted by atomic mass is 9.99. The largest absolute Gasteiger partial charge is 0.381 e. The Morgan fingerprint density at radius 2 is 2.10 bits per heavy atom. The van der Waals surface area contributed by atoms with Crippen LogP contribution in [0.1, 0.15) is 12.8 Å². The van der Waals surface area contributed by atoms with Crippen LogP contribution in [0.2, 0.25) is 0 Å². The van der Waals surface area contributed by atoms with Crippen LogP contribution in [0.4, 0.5) is 0 Å². The maximum Gasteiger partial charge on any atom is 0.237 e. The van der Waals surface area contributed by atoms with Crippen LogP contribution in [0.25, 0.3) is 0 Å². The number of rotatable bonds is 8. The summed E-state index contributed by atoms with van der Waals surface area (Å²) in [7, 11) is 1.73. The van der Waals surface area contributed by atoms with E-state index in [1.165, 1.54) is 0 Å². The van der Waals surface area contributed by atoms with Gasteiger partial charge in [0.1, 0.15) is 0 Å². The summed E-state index contributed by atoms with van der Waals surface area (Å²) in [6.45, 7) is 10.3. The number of ether oxygens (including phenoxy) is 1. The molecule has 0 radical (unpaired) electrons. The SMILES string of the molecule is C=CCN(CC=C)C(=O)CN1CCC(OC)CC1CN. The maximum atomic E-state index is 12.3. The molecule has 1 aliphatic heterocycles. The topological polar surface area (TPSA) is 58.8 Å². The number of carbonyl (C=O) groups excluding carboxylic acids is 1. The van der Waals surface area contributed by atoms with E-state index in [1.54, 1.807) is 24.2 Å². The smallest absolute Gasteiger partial charge is 0.237 e. The van der Waals surface area contributed by atoms with Crippen molar-refractivity contribution >= 4 is 5.91 Å². The highest BCUT2D eigenvalue weighted by molar-refractivity contribution is 5.78. The van der Waals surface area contributed by atoms with E-state index in [0.717, 1.165) is 19.4 Å². The number of nitrogens with two attached hydrogens (primary N) is 1. The zero-order valence-electron chi connectivity index (χ0n) is 12.5. The molecule has 1 rings (SSSR count). The van der Waals surface area contributed by atoms with E-state index in [-0.39, 0.29) is 18.1 Å². The summed E-state index contributed by atoms with van der Waals surface area (Å²) >= 11 is 0. The van der Waals surface area contributed by atoms with Crippen LogP contribution in [0, 0.1) is 0 Å². The molecular weight excluding hydrogens is 254 g/mol. The molecule has 0 spiro atoms. The first-order valence-corrected chi connectivity index (χ1v) is 7.12. The maximum absolute atomic E-state index is 12.3. The van der Waals surface area contributed by atoms with Crippen LogP contribution in [0.15, 0.2) is 25.3 Å². The molecule has 0 saturated carbocycles. The summed E-state index contributed by atoms with van der Waals surface area (Å²) in [6.07, 6.45) is 5.57. The second-order valence-electron chi connectivity index (χ2n) is 5.12. The molecule has 0 aromatic carbocycles. The molecule has 0 aromatic rings. The van der Waals surface area contributed by atoms with E-state index >= 15 is 0 Å². The zero-order chi connectivity index (χ0) is 15.0. The molecule has 20 heavy (non-hydrogen) atoms. The molecule has 0 aliphatic carbocycles. The Labute approximate surface area is 122 Å². The molecular formula is C15H27N3O2. The van der Waals surface area contributed by atoms with Crippen LogP contribution in [0.5, 0.6) is 0 Å². The quantitative estimate of drug-likeness (QED) is 0.663. The fourth-order valence-corrected chi connectivity index (χ4v) is 2.59. The minimum absolute atomic E-state index is 0.0964. The Kier molecular flexibility index (Phi) is 7.51. The lowest BCUT2D eigenvalue weighted by Crippen LogP contribution is -2.52. The van der Waals surface area contributed by atoms with Gasteiger partial charge in [0.25, 0.3) is 0 Å². The normalized spacial score (nSPS) is 23.3. The predicted molar refractivity (Wildman–Crippen MR) is 81.4 cm³/mol. The van der Waals surface area contributed by atoms with Crippen molar-refractivity contribution in [3.63, 3.8) is 0 Å². The van der Waals surface area contributed by atoms with E-state index in [9.17, 15) is 4.79 Å². The van der Waals surface area contributed by atoms with Gasteiger partial charge >= 0.3 is 0 Å². The number of likely N-dealkylation sites (tertiary alicyclic amines) is 1. The van der Waals surface area contributed by atoms with Gasteiger partial charge in [-0.15, -0.1) is 13.2 Å². The van der Waals surface area contributed by atoms with Crippen LogP contribution in [-0.2, 0) is 9.53 Å². The molecule has 1 heterocycles. The lowest BCUT2D eigenvalue weighted by molar-refractivity contribution is -0.133. The molecule has 5 heteroatoms. The number of piperidine rings is 1. The van der Waals surface area contributed by atoms with Crippen molar-refractivity contribution in [1.82, 2.24) is 9.80 Å². The first-order chi connectivity index (χ1) is 9.65. The molecule has 0 aromatic heterocycles. The van der Waals surface area contributed by atoms with Crippen LogP contribution < -0.4 is 5.73 Å². The van der Waals surface area contributed by atoms with Crippen molar-refractivity contribution in [3.8, 4) is 0 Å². The molecule has 2 N–H and O–H groups in total. The van der Waals surface area contributed by atoms with Gasteiger partial charge in [-0.05, 0) is 12.8 Å². The summed E-state index contributed by atoms with van der Waals surface area (Å²) < 4.78 is 5.40. The van der Waals surface area contributed by atoms with Gasteiger partial charge in [-0.1, -0.05) is 12.2 Å². The van der Waals surface area contributed by atoms with Crippen molar-refractivity contribution in [2.24, 2.45) is 5.73 Å². The van der Waals surface area contributed by atoms with Crippen molar-refractivity contribution in [2.75, 3.05) is 39.8 Å². The number of nitrogens with zero attached hydrogens (tertiary/aromatic N) is 2. The first kappa shape index (κ1) is 16.9. The first-order valence-electron chi connectivity index (χ1n) is 7.12. The molecule has 1 fully saturated rings. The van der Waals surface area contributed by atoms with Gasteiger partial charge in [-0.2, -0.15) is 0 Å². The number of hydrogen-bond donors (Lipinski definition) is 1. The van der Waals surface area contributed by atoms with Crippen LogP contribution in [0.3, 0.4) is 0 Å². The van der Waals surface area contributed by atoms with E-state index < -0.39 is 0 Å². The van der Waals surface area contributed by atoms with Gasteiger partial charge in [0.15, 0.2) is 0 Å². The van der Waals surface area contributed by atoms with E-state index in [2.05, 4.69) is 18.1 Å². The molecule has 5 nitrogen and oxygen atoms in total. The van der Waals surface area contributed by atoms with Crippen molar-refractivity contribution in [3.05, 3.63) is 25.3 Å². The number of methoxy groups -OCH3 is 1. The standard InChI is InChI=1S/C15H27N3O2/c1-4-7-17(8-5-2)15(19)12-18-9-6-14(20-3)10-13(18)11-16/h4-5,13-14H,1-2,6-12,16H2,3H3. The monoisotopic (exact) mass is 281 g/mol. The third-order valence-corrected chi connectivity index (χ3v) is 3.79. The lowest BCUT2D eigenvalue weighted by Gasteiger charge is -2.38. The molecule has 114 valence electrons. The van der Waals surface area contributed by atoms with Crippen LogP contribution in [-0.4, -0.2) is 67.7 Å². The van der Waals surface area contributed by atoms with E-state index in [0.29, 0.717) is 26.2 Å². The molecule has 1 saturated heterocycles. The third kappa shape index (κ3) is 4.74. The molecule has 2 unspecified atom stereocenters. The highest BCUT2D eigenvalue weighted by Crippen LogP contribution is 2.19. The minimum Gasteiger partial charge on any atom is -0.381 e. The van der Waals surface area contributed by atoms with Gasteiger partial charge < -0.3 is 15.4 Å². The Hall–Kier alpha value is -1.17. The average molecular weight is 281 g/mol. The van der Waals surface area contributed by atoms with Crippen molar-refractivity contribution < 1.29 is 9.53 Å². The Balaban J connectivity index is 2.58. The summed E-state index contributed by atoms with van der Waals surface area (Å²) in [5.74, 6) is 0.0964. The van der Waals surface area contributed by atoms with Gasteiger partial charge in [0.05, 0.1) is 12.6 Å². The fourth-order valence-electron chi connectivity index (χ4n) is 2.59. The van der Waals surface area contributed by atoms with E-state index in [4.69, 9.17) is 10.5 Å². The summed E-state index contributed by atoms with van der Waals surface area (Å²) in [5, 5.41) is 0. The fraction of sp³-hybridized carbons (Fsp3) is 0.667. The molecule has 0 bridgehead atoms. The number of amides is 1. The average Bonchev–Trinajstić information content (AvgIpc) is 2.47. The Morgan fingerprint density at radius 1 is 1.45 bits per heavy atom. The molecule has 2 atom stereocenters. The van der Waals surface area contributed by atoms with Crippen molar-refractivity contribution in [1.29, 1.82) is 0 Å². The Bertz CT molecular complexity index is 323. The summed E-state index contributed by atoms with van der Waals surface area (Å²) in [5.41, 5.74) is 5.83. The van der Waals surface area contributed by atoms with Crippen molar-refractivity contribution in [2.45, 2.75) is 25.0 Å². The van der Waals surface area contributed by atoms with Gasteiger partial charge in [0.2, 0.25) is 5.91 Å². The van der Waals surface area contributed by atoms with Crippen LogP contribution >= 0.6 is 0 Å². The van der Waals surface area contributed by atoms with Gasteiger partial charge in [0, 0.05) is 39.3 Å². The number of carbonyl (C=O) groups is 1. The third-order valence-electron chi connectivity index (χ3n) is 3.79. The van der Waals surface area contributed by atoms with Gasteiger partial charge in [-0.25, -0.2) is 0 Å². The number of hydrogen-bond acceptors (Lipinski definition) is 4. The van der Waals surface area contributed by atoms with E-state index in [1.807, 2.05) is 0 Å². The zero-order valence-corrected chi connectivity index (χ0v) is 12.5. The highest BCUT2D eigenvalue weighted by atomic mass is 16.5. The summed E-state index contributed by atoms with van der Waals surface area (Å²) in [6, 6.07) is 0.215. The van der Waals surface area contributed by atoms with Gasteiger partial charge in [-0.3, -0.25) is 9.69 Å². The molecule has 1 amide bonds. The minimum atomic E-state index is 0.0964. The second-order valence-corrected chi connectivity index (χ2v) is 5.12. The highest BCUT2D eigenvalue weighted by Gasteiger charge is 2.29. The Morgan fingerprint density at radius 3 is 2.60 bits per heavy atom. The summed E-state index contributed by atoms with van der Waals surface area (Å²) in [4.78, 5) is 16.2.